The Labute approximate surface area is 207 Å². The highest BCUT2D eigenvalue weighted by Gasteiger charge is 2.38. The average molecular weight is 497 g/mol. The number of aliphatic hydroxyl groups excluding tert-OH is 1. The lowest BCUT2D eigenvalue weighted by molar-refractivity contribution is 0.0563. The number of fused-ring (bicyclic) bond motifs is 1. The van der Waals surface area contributed by atoms with E-state index in [0.29, 0.717) is 17.0 Å². The van der Waals surface area contributed by atoms with Crippen molar-refractivity contribution in [3.05, 3.63) is 59.7 Å². The summed E-state index contributed by atoms with van der Waals surface area (Å²) in [7, 11) is -2.20. The Balaban J connectivity index is 1.69. The molecule has 2 aromatic rings. The van der Waals surface area contributed by atoms with Crippen molar-refractivity contribution in [3.8, 4) is 17.6 Å². The van der Waals surface area contributed by atoms with Gasteiger partial charge in [-0.25, -0.2) is 8.42 Å². The molecule has 4 rings (SSSR count). The third-order valence-electron chi connectivity index (χ3n) is 6.49. The molecule has 0 radical (unpaired) electrons. The lowest BCUT2D eigenvalue weighted by atomic mass is 10.0. The maximum atomic E-state index is 13.6. The predicted molar refractivity (Wildman–Crippen MR) is 133 cm³/mol. The van der Waals surface area contributed by atoms with E-state index in [1.807, 2.05) is 25.1 Å². The van der Waals surface area contributed by atoms with Gasteiger partial charge in [0.25, 0.3) is 5.91 Å². The molecule has 186 valence electrons. The van der Waals surface area contributed by atoms with Gasteiger partial charge in [0.2, 0.25) is 10.0 Å². The van der Waals surface area contributed by atoms with Crippen LogP contribution in [-0.2, 0) is 10.0 Å². The number of aliphatic hydroxyl groups is 1. The van der Waals surface area contributed by atoms with Crippen molar-refractivity contribution in [2.24, 2.45) is 11.8 Å². The van der Waals surface area contributed by atoms with Gasteiger partial charge in [0, 0.05) is 42.6 Å². The van der Waals surface area contributed by atoms with Gasteiger partial charge in [-0.15, -0.1) is 0 Å². The number of benzene rings is 2. The summed E-state index contributed by atoms with van der Waals surface area (Å²) >= 11 is 0. The van der Waals surface area contributed by atoms with E-state index in [1.54, 1.807) is 43.1 Å². The van der Waals surface area contributed by atoms with Gasteiger partial charge >= 0.3 is 0 Å². The molecule has 0 aromatic heterocycles. The zero-order chi connectivity index (χ0) is 25.2. The van der Waals surface area contributed by atoms with E-state index in [2.05, 4.69) is 11.8 Å². The van der Waals surface area contributed by atoms with E-state index < -0.39 is 22.2 Å². The van der Waals surface area contributed by atoms with Crippen LogP contribution < -0.4 is 4.74 Å². The summed E-state index contributed by atoms with van der Waals surface area (Å²) in [6.45, 7) is 3.71. The first-order valence-electron chi connectivity index (χ1n) is 12.0. The molecule has 8 heteroatoms. The highest BCUT2D eigenvalue weighted by atomic mass is 32.2. The Bertz CT molecular complexity index is 1230. The summed E-state index contributed by atoms with van der Waals surface area (Å²) in [5.74, 6) is 6.57. The fraction of sp³-hybridized carbons (Fsp3) is 0.444. The highest BCUT2D eigenvalue weighted by molar-refractivity contribution is 7.89. The summed E-state index contributed by atoms with van der Waals surface area (Å²) in [5, 5.41) is 9.79. The quantitative estimate of drug-likeness (QED) is 0.643. The van der Waals surface area contributed by atoms with Gasteiger partial charge in [0.1, 0.15) is 16.7 Å². The number of rotatable bonds is 5. The van der Waals surface area contributed by atoms with Crippen molar-refractivity contribution in [1.82, 2.24) is 9.21 Å². The summed E-state index contributed by atoms with van der Waals surface area (Å²) in [5.41, 5.74) is 1.26. The van der Waals surface area contributed by atoms with Crippen LogP contribution in [0.1, 0.15) is 42.6 Å². The number of nitrogens with zero attached hydrogens (tertiary/aromatic N) is 2. The van der Waals surface area contributed by atoms with Crippen molar-refractivity contribution in [2.75, 3.05) is 26.7 Å². The highest BCUT2D eigenvalue weighted by Crippen LogP contribution is 2.34. The normalized spacial score (nSPS) is 22.4. The number of carbonyl (C=O) groups excluding carboxylic acids is 1. The average Bonchev–Trinajstić information content (AvgIpc) is 3.69. The second kappa shape index (κ2) is 10.4. The van der Waals surface area contributed by atoms with E-state index in [9.17, 15) is 18.3 Å². The number of ether oxygens (including phenoxy) is 1. The zero-order valence-electron chi connectivity index (χ0n) is 20.3. The molecule has 1 amide bonds. The maximum Gasteiger partial charge on any atom is 0.253 e. The molecule has 0 unspecified atom stereocenters. The Hall–Kier alpha value is -2.86. The molecule has 1 heterocycles. The molecule has 1 aliphatic carbocycles. The van der Waals surface area contributed by atoms with Crippen molar-refractivity contribution in [2.45, 2.75) is 43.7 Å². The van der Waals surface area contributed by atoms with Crippen LogP contribution >= 0.6 is 0 Å². The van der Waals surface area contributed by atoms with Crippen LogP contribution in [0.3, 0.4) is 0 Å². The number of hydrogen-bond acceptors (Lipinski definition) is 5. The van der Waals surface area contributed by atoms with Gasteiger partial charge in [-0.2, -0.15) is 4.31 Å². The first kappa shape index (κ1) is 25.2. The molecule has 0 saturated heterocycles. The smallest absolute Gasteiger partial charge is 0.253 e. The van der Waals surface area contributed by atoms with Gasteiger partial charge in [-0.3, -0.25) is 4.79 Å². The molecule has 2 aliphatic rings. The SMILES string of the molecule is C[C@@H]1CN([C@@H](C)CO)S(=O)(=O)c2ccc(C#CC3CC3)cc2O[C@H]1CN(C)C(=O)c1ccccc1. The molecule has 1 fully saturated rings. The van der Waals surface area contributed by atoms with Gasteiger partial charge in [-0.1, -0.05) is 37.0 Å². The van der Waals surface area contributed by atoms with Crippen LogP contribution in [0.25, 0.3) is 0 Å². The summed E-state index contributed by atoms with van der Waals surface area (Å²) in [6, 6.07) is 13.3. The Morgan fingerprint density at radius 3 is 2.60 bits per heavy atom. The second-order valence-corrected chi connectivity index (χ2v) is 11.4. The molecular weight excluding hydrogens is 464 g/mol. The summed E-state index contributed by atoms with van der Waals surface area (Å²) in [6.07, 6.45) is 1.72. The fourth-order valence-corrected chi connectivity index (χ4v) is 5.91. The minimum Gasteiger partial charge on any atom is -0.487 e. The molecule has 1 saturated carbocycles. The number of sulfonamides is 1. The van der Waals surface area contributed by atoms with Crippen LogP contribution in [0, 0.1) is 23.7 Å². The van der Waals surface area contributed by atoms with Crippen LogP contribution in [0.2, 0.25) is 0 Å². The summed E-state index contributed by atoms with van der Waals surface area (Å²) < 4.78 is 34.8. The first-order chi connectivity index (χ1) is 16.7. The first-order valence-corrected chi connectivity index (χ1v) is 13.4. The fourth-order valence-electron chi connectivity index (χ4n) is 4.09. The van der Waals surface area contributed by atoms with E-state index in [1.165, 1.54) is 10.4 Å². The molecule has 35 heavy (non-hydrogen) atoms. The number of carbonyl (C=O) groups is 1. The maximum absolute atomic E-state index is 13.6. The van der Waals surface area contributed by atoms with Crippen molar-refractivity contribution < 1.29 is 23.1 Å². The van der Waals surface area contributed by atoms with Crippen LogP contribution in [-0.4, -0.2) is 67.5 Å². The zero-order valence-corrected chi connectivity index (χ0v) is 21.2. The van der Waals surface area contributed by atoms with Crippen molar-refractivity contribution in [3.63, 3.8) is 0 Å². The lowest BCUT2D eigenvalue weighted by Crippen LogP contribution is -2.50. The van der Waals surface area contributed by atoms with E-state index in [4.69, 9.17) is 4.74 Å². The minimum absolute atomic E-state index is 0.0451. The number of hydrogen-bond donors (Lipinski definition) is 1. The van der Waals surface area contributed by atoms with Gasteiger partial charge < -0.3 is 14.7 Å². The molecule has 7 nitrogen and oxygen atoms in total. The van der Waals surface area contributed by atoms with Crippen molar-refractivity contribution >= 4 is 15.9 Å². The minimum atomic E-state index is -3.91. The topological polar surface area (TPSA) is 87.2 Å². The van der Waals surface area contributed by atoms with E-state index in [0.717, 1.165) is 12.8 Å². The van der Waals surface area contributed by atoms with E-state index >= 15 is 0 Å². The summed E-state index contributed by atoms with van der Waals surface area (Å²) in [4.78, 5) is 14.6. The molecule has 0 spiro atoms. The molecule has 3 atom stereocenters. The van der Waals surface area contributed by atoms with Crippen molar-refractivity contribution in [1.29, 1.82) is 0 Å². The lowest BCUT2D eigenvalue weighted by Gasteiger charge is -2.37. The number of amides is 1. The molecule has 1 N–H and O–H groups in total. The van der Waals surface area contributed by atoms with Crippen LogP contribution in [0.15, 0.2) is 53.4 Å². The third kappa shape index (κ3) is 5.69. The molecule has 2 aromatic carbocycles. The second-order valence-electron chi connectivity index (χ2n) is 9.50. The number of likely N-dealkylation sites (N-methyl/N-ethyl adjacent to an activating group) is 1. The monoisotopic (exact) mass is 496 g/mol. The third-order valence-corrected chi connectivity index (χ3v) is 8.51. The Morgan fingerprint density at radius 2 is 1.94 bits per heavy atom. The Morgan fingerprint density at radius 1 is 1.23 bits per heavy atom. The largest absolute Gasteiger partial charge is 0.487 e. The molecular formula is C27H32N2O5S. The van der Waals surface area contributed by atoms with E-state index in [-0.39, 0.29) is 42.2 Å². The van der Waals surface area contributed by atoms with Crippen LogP contribution in [0.4, 0.5) is 0 Å². The van der Waals surface area contributed by atoms with Gasteiger partial charge in [-0.05, 0) is 50.1 Å². The molecule has 0 bridgehead atoms. The Kier molecular flexibility index (Phi) is 7.50. The molecule has 1 aliphatic heterocycles. The van der Waals surface area contributed by atoms with Crippen LogP contribution in [0.5, 0.6) is 5.75 Å². The standard InChI is InChI=1S/C27H32N2O5S/c1-19-16-29(20(2)18-30)35(32,33)26-14-13-22(12-11-21-9-10-21)15-24(26)34-25(19)17-28(3)27(31)23-7-5-4-6-8-23/h4-8,13-15,19-21,25,30H,9-10,16-18H2,1-3H3/t19-,20+,25+/m1/s1. The predicted octanol–water partition coefficient (Wildman–Crippen LogP) is 2.99. The van der Waals surface area contributed by atoms with Gasteiger partial charge in [0.05, 0.1) is 13.2 Å². The van der Waals surface area contributed by atoms with Gasteiger partial charge in [0.15, 0.2) is 0 Å².